The van der Waals surface area contributed by atoms with Crippen LogP contribution in [0.15, 0.2) is 46.4 Å². The molecule has 0 spiro atoms. The summed E-state index contributed by atoms with van der Waals surface area (Å²) in [5.74, 6) is 0.458. The lowest BCUT2D eigenvalue weighted by Gasteiger charge is -2.44. The van der Waals surface area contributed by atoms with Crippen LogP contribution < -0.4 is 10.6 Å². The second-order valence-electron chi connectivity index (χ2n) is 10.0. The molecule has 2 atom stereocenters. The predicted molar refractivity (Wildman–Crippen MR) is 141 cm³/mol. The molecule has 0 fully saturated rings. The molecule has 35 heavy (non-hydrogen) atoms. The summed E-state index contributed by atoms with van der Waals surface area (Å²) in [5.41, 5.74) is -0.975. The largest absolute Gasteiger partial charge is 0.488 e. The number of hydrogen-bond acceptors (Lipinski definition) is 5. The molecule has 11 heteroatoms. The van der Waals surface area contributed by atoms with E-state index < -0.39 is 34.9 Å². The molecule has 8 nitrogen and oxygen atoms in total. The number of halogens is 3. The van der Waals surface area contributed by atoms with E-state index in [2.05, 4.69) is 26.6 Å². The van der Waals surface area contributed by atoms with Gasteiger partial charge >= 0.3 is 12.2 Å². The van der Waals surface area contributed by atoms with E-state index in [0.29, 0.717) is 15.9 Å². The Hall–Kier alpha value is -2.10. The minimum absolute atomic E-state index is 0.0214. The zero-order valence-electron chi connectivity index (χ0n) is 20.6. The summed E-state index contributed by atoms with van der Waals surface area (Å²) in [6.07, 6.45) is 0.173. The van der Waals surface area contributed by atoms with Gasteiger partial charge in [-0.05, 0) is 71.7 Å². The van der Waals surface area contributed by atoms with Crippen molar-refractivity contribution >= 4 is 51.3 Å². The minimum Gasteiger partial charge on any atom is -0.488 e. The van der Waals surface area contributed by atoms with Crippen molar-refractivity contribution in [2.24, 2.45) is 0 Å². The van der Waals surface area contributed by atoms with Crippen LogP contribution in [-0.2, 0) is 15.9 Å². The number of alkyl carbamates (subject to hydrolysis) is 1. The first-order chi connectivity index (χ1) is 16.1. The van der Waals surface area contributed by atoms with Crippen molar-refractivity contribution < 1.29 is 24.2 Å². The SMILES string of the molecule is CC(C)(C)OC(=O)N[C@H](COC1=C(NC(=O)O)N(C(C)(C)C)C(Cl)C(Br)=C1)Cc1cccc(Cl)c1. The van der Waals surface area contributed by atoms with E-state index in [1.54, 1.807) is 43.9 Å². The number of nitrogens with zero attached hydrogens (tertiary/aromatic N) is 1. The molecular formula is C24H32BrCl2N3O5. The fraction of sp³-hybridized carbons (Fsp3) is 0.500. The second kappa shape index (κ2) is 11.8. The normalized spacial score (nSPS) is 17.5. The number of nitrogens with one attached hydrogen (secondary N) is 2. The van der Waals surface area contributed by atoms with Gasteiger partial charge in [0, 0.05) is 15.0 Å². The average molecular weight is 593 g/mol. The maximum Gasteiger partial charge on any atom is 0.410 e. The van der Waals surface area contributed by atoms with Crippen molar-refractivity contribution in [3.05, 3.63) is 57.0 Å². The molecule has 1 unspecified atom stereocenters. The van der Waals surface area contributed by atoms with Crippen molar-refractivity contribution in [2.75, 3.05) is 6.61 Å². The highest BCUT2D eigenvalue weighted by molar-refractivity contribution is 9.11. The van der Waals surface area contributed by atoms with E-state index in [4.69, 9.17) is 32.7 Å². The van der Waals surface area contributed by atoms with Crippen LogP contribution >= 0.6 is 39.1 Å². The minimum atomic E-state index is -1.26. The molecule has 0 radical (unpaired) electrons. The van der Waals surface area contributed by atoms with Gasteiger partial charge in [0.05, 0.1) is 6.04 Å². The standard InChI is InChI=1S/C24H32BrCl2N3O5/c1-23(2,3)30-19(27)17(25)12-18(20(30)29-21(31)32)34-13-16(28-22(33)35-24(4,5)6)11-14-8-7-9-15(26)10-14/h7-10,12,16,19,29H,11,13H2,1-6H3,(H,28,33)(H,31,32)/t16-,19?/m0/s1. The number of carbonyl (C=O) groups is 2. The Labute approximate surface area is 224 Å². The van der Waals surface area contributed by atoms with Crippen LogP contribution in [0.1, 0.15) is 47.1 Å². The number of carboxylic acid groups (broad SMARTS) is 1. The molecule has 0 saturated heterocycles. The Kier molecular flexibility index (Phi) is 9.79. The Morgan fingerprint density at radius 1 is 1.23 bits per heavy atom. The van der Waals surface area contributed by atoms with Gasteiger partial charge < -0.3 is 24.8 Å². The van der Waals surface area contributed by atoms with Crippen LogP contribution in [-0.4, -0.2) is 51.5 Å². The number of carbonyl (C=O) groups excluding carboxylic acids is 1. The monoisotopic (exact) mass is 591 g/mol. The van der Waals surface area contributed by atoms with Gasteiger partial charge in [0.25, 0.3) is 0 Å². The maximum absolute atomic E-state index is 12.5. The molecule has 194 valence electrons. The number of amides is 2. The number of alkyl halides is 1. The highest BCUT2D eigenvalue weighted by Crippen LogP contribution is 2.36. The average Bonchev–Trinajstić information content (AvgIpc) is 2.66. The zero-order chi connectivity index (χ0) is 26.6. The lowest BCUT2D eigenvalue weighted by molar-refractivity contribution is 0.0470. The van der Waals surface area contributed by atoms with Crippen LogP contribution in [0.25, 0.3) is 0 Å². The highest BCUT2D eigenvalue weighted by atomic mass is 79.9. The quantitative estimate of drug-likeness (QED) is 0.258. The van der Waals surface area contributed by atoms with Gasteiger partial charge in [-0.3, -0.25) is 5.32 Å². The van der Waals surface area contributed by atoms with Crippen LogP contribution in [0.3, 0.4) is 0 Å². The van der Waals surface area contributed by atoms with Gasteiger partial charge in [-0.15, -0.1) is 0 Å². The smallest absolute Gasteiger partial charge is 0.410 e. The van der Waals surface area contributed by atoms with Gasteiger partial charge in [0.1, 0.15) is 17.7 Å². The number of rotatable bonds is 7. The van der Waals surface area contributed by atoms with Crippen molar-refractivity contribution in [3.8, 4) is 0 Å². The molecule has 0 saturated carbocycles. The third-order valence-corrected chi connectivity index (χ3v) is 6.27. The second-order valence-corrected chi connectivity index (χ2v) is 11.8. The van der Waals surface area contributed by atoms with E-state index in [1.807, 2.05) is 32.9 Å². The fourth-order valence-electron chi connectivity index (χ4n) is 3.39. The van der Waals surface area contributed by atoms with E-state index in [-0.39, 0.29) is 18.2 Å². The van der Waals surface area contributed by atoms with Crippen LogP contribution in [0.5, 0.6) is 0 Å². The van der Waals surface area contributed by atoms with E-state index in [1.165, 1.54) is 0 Å². The Bertz CT molecular complexity index is 1000. The maximum atomic E-state index is 12.5. The number of benzene rings is 1. The lowest BCUT2D eigenvalue weighted by atomic mass is 10.0. The summed E-state index contributed by atoms with van der Waals surface area (Å²) in [5, 5.41) is 15.3. The topological polar surface area (TPSA) is 100 Å². The van der Waals surface area contributed by atoms with Crippen LogP contribution in [0.4, 0.5) is 9.59 Å². The van der Waals surface area contributed by atoms with E-state index >= 15 is 0 Å². The summed E-state index contributed by atoms with van der Waals surface area (Å²) in [6, 6.07) is 6.77. The van der Waals surface area contributed by atoms with Gasteiger partial charge in [-0.1, -0.05) is 51.3 Å². The summed E-state index contributed by atoms with van der Waals surface area (Å²) in [7, 11) is 0. The van der Waals surface area contributed by atoms with Gasteiger partial charge in [-0.2, -0.15) is 0 Å². The Morgan fingerprint density at radius 2 is 1.89 bits per heavy atom. The summed E-state index contributed by atoms with van der Waals surface area (Å²) in [4.78, 5) is 25.8. The molecule has 2 amide bonds. The molecule has 0 bridgehead atoms. The van der Waals surface area contributed by atoms with Crippen LogP contribution in [0, 0.1) is 0 Å². The van der Waals surface area contributed by atoms with E-state index in [0.717, 1.165) is 5.56 Å². The van der Waals surface area contributed by atoms with Gasteiger partial charge in [0.2, 0.25) is 0 Å². The molecule has 3 N–H and O–H groups in total. The lowest BCUT2D eigenvalue weighted by Crippen LogP contribution is -2.51. The molecule has 1 heterocycles. The van der Waals surface area contributed by atoms with Crippen LogP contribution in [0.2, 0.25) is 5.02 Å². The van der Waals surface area contributed by atoms with Crippen molar-refractivity contribution in [1.29, 1.82) is 0 Å². The zero-order valence-corrected chi connectivity index (χ0v) is 23.7. The number of ether oxygens (including phenoxy) is 2. The summed E-state index contributed by atoms with van der Waals surface area (Å²) >= 11 is 16.2. The summed E-state index contributed by atoms with van der Waals surface area (Å²) < 4.78 is 12.1. The molecular weight excluding hydrogens is 561 g/mol. The fourth-order valence-corrected chi connectivity index (χ4v) is 4.47. The highest BCUT2D eigenvalue weighted by Gasteiger charge is 2.37. The molecule has 1 aromatic rings. The number of hydrogen-bond donors (Lipinski definition) is 3. The number of allylic oxidation sites excluding steroid dienone is 1. The first-order valence-electron chi connectivity index (χ1n) is 11.0. The van der Waals surface area contributed by atoms with Gasteiger partial charge in [0.15, 0.2) is 11.6 Å². The Balaban J connectivity index is 2.35. The molecule has 0 aliphatic carbocycles. The van der Waals surface area contributed by atoms with E-state index in [9.17, 15) is 14.7 Å². The molecule has 2 rings (SSSR count). The third kappa shape index (κ3) is 9.13. The van der Waals surface area contributed by atoms with Crippen molar-refractivity contribution in [1.82, 2.24) is 15.5 Å². The molecule has 1 aliphatic rings. The first kappa shape index (κ1) is 29.1. The predicted octanol–water partition coefficient (Wildman–Crippen LogP) is 6.19. The van der Waals surface area contributed by atoms with Crippen molar-refractivity contribution in [2.45, 2.75) is 70.6 Å². The molecule has 1 aliphatic heterocycles. The third-order valence-electron chi connectivity index (χ3n) is 4.68. The Morgan fingerprint density at radius 3 is 2.43 bits per heavy atom. The molecule has 1 aromatic carbocycles. The van der Waals surface area contributed by atoms with Crippen molar-refractivity contribution in [3.63, 3.8) is 0 Å². The summed E-state index contributed by atoms with van der Waals surface area (Å²) in [6.45, 7) is 11.1. The van der Waals surface area contributed by atoms with Gasteiger partial charge in [-0.25, -0.2) is 9.59 Å². The molecule has 0 aromatic heterocycles. The first-order valence-corrected chi connectivity index (χ1v) is 12.6.